The maximum atomic E-state index is 10.4. The van der Waals surface area contributed by atoms with E-state index in [1.165, 1.54) is 12.1 Å². The molecule has 0 spiro atoms. The minimum absolute atomic E-state index is 0.253. The van der Waals surface area contributed by atoms with Crippen molar-refractivity contribution in [1.29, 1.82) is 5.26 Å². The van der Waals surface area contributed by atoms with E-state index in [1.807, 2.05) is 6.07 Å². The van der Waals surface area contributed by atoms with Crippen molar-refractivity contribution in [3.63, 3.8) is 0 Å². The summed E-state index contributed by atoms with van der Waals surface area (Å²) in [6, 6.07) is 4.59. The lowest BCUT2D eigenvalue weighted by Crippen LogP contribution is -1.85. The number of halogens is 2. The van der Waals surface area contributed by atoms with Crippen LogP contribution in [0.5, 0.6) is 0 Å². The maximum absolute atomic E-state index is 10.4. The number of carbonyl (C=O) groups is 1. The van der Waals surface area contributed by atoms with E-state index in [-0.39, 0.29) is 21.2 Å². The number of nitrogens with zero attached hydrogens (tertiary/aromatic N) is 1. The monoisotopic (exact) mass is 199 g/mol. The highest BCUT2D eigenvalue weighted by Gasteiger charge is 2.05. The molecule has 4 heteroatoms. The van der Waals surface area contributed by atoms with Crippen molar-refractivity contribution < 1.29 is 4.79 Å². The molecule has 12 heavy (non-hydrogen) atoms. The summed E-state index contributed by atoms with van der Waals surface area (Å²) in [7, 11) is 0. The number of hydrogen-bond donors (Lipinski definition) is 0. The van der Waals surface area contributed by atoms with Crippen molar-refractivity contribution in [2.45, 2.75) is 0 Å². The van der Waals surface area contributed by atoms with Gasteiger partial charge < -0.3 is 0 Å². The first kappa shape index (κ1) is 9.05. The van der Waals surface area contributed by atoms with E-state index in [0.29, 0.717) is 6.29 Å². The highest BCUT2D eigenvalue weighted by Crippen LogP contribution is 2.23. The van der Waals surface area contributed by atoms with Gasteiger partial charge in [-0.3, -0.25) is 4.79 Å². The Kier molecular flexibility index (Phi) is 2.69. The quantitative estimate of drug-likeness (QED) is 0.653. The Hall–Kier alpha value is -1.04. The normalized spacial score (nSPS) is 9.08. The van der Waals surface area contributed by atoms with Crippen molar-refractivity contribution in [1.82, 2.24) is 0 Å². The number of nitriles is 1. The van der Waals surface area contributed by atoms with Gasteiger partial charge in [0, 0.05) is 5.56 Å². The topological polar surface area (TPSA) is 40.9 Å². The second-order valence-electron chi connectivity index (χ2n) is 2.08. The molecule has 0 saturated heterocycles. The minimum Gasteiger partial charge on any atom is -0.298 e. The first-order chi connectivity index (χ1) is 5.69. The second-order valence-corrected chi connectivity index (χ2v) is 2.90. The molecule has 0 aliphatic heterocycles. The molecule has 0 N–H and O–H groups in total. The lowest BCUT2D eigenvalue weighted by Gasteiger charge is -1.98. The van der Waals surface area contributed by atoms with E-state index in [0.717, 1.165) is 0 Å². The number of rotatable bonds is 1. The van der Waals surface area contributed by atoms with Crippen LogP contribution in [0.1, 0.15) is 15.9 Å². The molecule has 0 unspecified atom stereocenters. The highest BCUT2D eigenvalue weighted by molar-refractivity contribution is 6.36. The van der Waals surface area contributed by atoms with E-state index in [2.05, 4.69) is 0 Å². The molecule has 0 bridgehead atoms. The van der Waals surface area contributed by atoms with Gasteiger partial charge in [-0.25, -0.2) is 0 Å². The number of hydrogen-bond acceptors (Lipinski definition) is 2. The smallest absolute Gasteiger partial charge is 0.151 e. The van der Waals surface area contributed by atoms with Gasteiger partial charge in [0.15, 0.2) is 6.29 Å². The number of carbonyl (C=O) groups excluding carboxylic acids is 1. The summed E-state index contributed by atoms with van der Waals surface area (Å²) in [5.41, 5.74) is 0.529. The maximum Gasteiger partial charge on any atom is 0.151 e. The third-order valence-corrected chi connectivity index (χ3v) is 1.97. The van der Waals surface area contributed by atoms with Crippen molar-refractivity contribution in [3.8, 4) is 6.07 Å². The number of aldehydes is 1. The number of benzene rings is 1. The van der Waals surface area contributed by atoms with E-state index in [4.69, 9.17) is 28.5 Å². The van der Waals surface area contributed by atoms with Gasteiger partial charge in [0.05, 0.1) is 15.6 Å². The molecule has 0 heterocycles. The first-order valence-corrected chi connectivity index (χ1v) is 3.79. The van der Waals surface area contributed by atoms with Gasteiger partial charge in [-0.2, -0.15) is 5.26 Å². The third kappa shape index (κ3) is 1.58. The zero-order valence-electron chi connectivity index (χ0n) is 5.84. The highest BCUT2D eigenvalue weighted by atomic mass is 35.5. The van der Waals surface area contributed by atoms with Crippen LogP contribution in [0.2, 0.25) is 10.0 Å². The zero-order valence-corrected chi connectivity index (χ0v) is 7.36. The molecule has 60 valence electrons. The summed E-state index contributed by atoms with van der Waals surface area (Å²) in [5.74, 6) is 0. The van der Waals surface area contributed by atoms with E-state index in [1.54, 1.807) is 0 Å². The second kappa shape index (κ2) is 3.57. The fourth-order valence-electron chi connectivity index (χ4n) is 0.742. The molecule has 1 aromatic carbocycles. The standard InChI is InChI=1S/C8H3Cl2NO/c9-7-2-8(10)6(4-12)1-5(7)3-11/h1-2,4H. The molecule has 0 aliphatic carbocycles. The average Bonchev–Trinajstić information content (AvgIpc) is 2.05. The zero-order chi connectivity index (χ0) is 9.14. The average molecular weight is 200 g/mol. The predicted octanol–water partition coefficient (Wildman–Crippen LogP) is 2.68. The van der Waals surface area contributed by atoms with Gasteiger partial charge in [0.1, 0.15) is 6.07 Å². The van der Waals surface area contributed by atoms with E-state index in [9.17, 15) is 4.79 Å². The molecular formula is C8H3Cl2NO. The van der Waals surface area contributed by atoms with Gasteiger partial charge in [-0.05, 0) is 12.1 Å². The molecule has 0 radical (unpaired) electrons. The van der Waals surface area contributed by atoms with Crippen molar-refractivity contribution in [2.75, 3.05) is 0 Å². The molecule has 0 fully saturated rings. The molecule has 0 atom stereocenters. The molecule has 2 nitrogen and oxygen atoms in total. The summed E-state index contributed by atoms with van der Waals surface area (Å²) in [6.45, 7) is 0. The lowest BCUT2D eigenvalue weighted by atomic mass is 10.1. The minimum atomic E-state index is 0.253. The molecule has 0 aliphatic rings. The van der Waals surface area contributed by atoms with Crippen molar-refractivity contribution in [2.24, 2.45) is 0 Å². The Bertz CT molecular complexity index is 368. The van der Waals surface area contributed by atoms with Crippen LogP contribution in [0.4, 0.5) is 0 Å². The van der Waals surface area contributed by atoms with Gasteiger partial charge >= 0.3 is 0 Å². The van der Waals surface area contributed by atoms with Crippen molar-refractivity contribution in [3.05, 3.63) is 33.3 Å². The van der Waals surface area contributed by atoms with Crippen LogP contribution < -0.4 is 0 Å². The van der Waals surface area contributed by atoms with E-state index >= 15 is 0 Å². The largest absolute Gasteiger partial charge is 0.298 e. The molecule has 0 aromatic heterocycles. The van der Waals surface area contributed by atoms with Gasteiger partial charge in [-0.15, -0.1) is 0 Å². The summed E-state index contributed by atoms with van der Waals surface area (Å²) < 4.78 is 0. The molecule has 1 aromatic rings. The summed E-state index contributed by atoms with van der Waals surface area (Å²) >= 11 is 11.3. The Morgan fingerprint density at radius 2 is 2.00 bits per heavy atom. The summed E-state index contributed by atoms with van der Waals surface area (Å²) in [4.78, 5) is 10.4. The SMILES string of the molecule is N#Cc1cc(C=O)c(Cl)cc1Cl. The van der Waals surface area contributed by atoms with Crippen LogP contribution in [0.3, 0.4) is 0 Å². The van der Waals surface area contributed by atoms with Gasteiger partial charge in [0.25, 0.3) is 0 Å². The first-order valence-electron chi connectivity index (χ1n) is 3.03. The van der Waals surface area contributed by atoms with Crippen LogP contribution in [0, 0.1) is 11.3 Å². The van der Waals surface area contributed by atoms with Crippen LogP contribution in [0.25, 0.3) is 0 Å². The van der Waals surface area contributed by atoms with Crippen LogP contribution in [-0.4, -0.2) is 6.29 Å². The Morgan fingerprint density at radius 3 is 2.50 bits per heavy atom. The third-order valence-electron chi connectivity index (χ3n) is 1.33. The lowest BCUT2D eigenvalue weighted by molar-refractivity contribution is 0.112. The van der Waals surface area contributed by atoms with Gasteiger partial charge in [-0.1, -0.05) is 23.2 Å². The van der Waals surface area contributed by atoms with Crippen LogP contribution in [-0.2, 0) is 0 Å². The predicted molar refractivity (Wildman–Crippen MR) is 46.6 cm³/mol. The molecule has 0 amide bonds. The Labute approximate surface area is 79.3 Å². The Morgan fingerprint density at radius 1 is 1.33 bits per heavy atom. The van der Waals surface area contributed by atoms with Crippen LogP contribution in [0.15, 0.2) is 12.1 Å². The van der Waals surface area contributed by atoms with E-state index < -0.39 is 0 Å². The molecular weight excluding hydrogens is 197 g/mol. The van der Waals surface area contributed by atoms with Crippen molar-refractivity contribution >= 4 is 29.5 Å². The summed E-state index contributed by atoms with van der Waals surface area (Å²) in [6.07, 6.45) is 0.583. The Balaban J connectivity index is 3.39. The van der Waals surface area contributed by atoms with Crippen LogP contribution >= 0.6 is 23.2 Å². The molecule has 1 rings (SSSR count). The fraction of sp³-hybridized carbons (Fsp3) is 0. The van der Waals surface area contributed by atoms with Gasteiger partial charge in [0.2, 0.25) is 0 Å². The fourth-order valence-corrected chi connectivity index (χ4v) is 1.21. The summed E-state index contributed by atoms with van der Waals surface area (Å²) in [5, 5.41) is 9.05. The molecule has 0 saturated carbocycles.